The number of hydrogen-bond donors (Lipinski definition) is 2. The molecule has 8 heteroatoms. The van der Waals surface area contributed by atoms with E-state index in [4.69, 9.17) is 4.74 Å². The molecule has 0 saturated carbocycles. The van der Waals surface area contributed by atoms with Gasteiger partial charge < -0.3 is 15.4 Å². The van der Waals surface area contributed by atoms with E-state index in [-0.39, 0.29) is 12.5 Å². The zero-order chi connectivity index (χ0) is 15.9. The first-order valence-corrected chi connectivity index (χ1v) is 7.52. The first-order chi connectivity index (χ1) is 10.6. The number of hydrogen-bond acceptors (Lipinski definition) is 6. The number of nitrogens with zero attached hydrogens (tertiary/aromatic N) is 1. The van der Waals surface area contributed by atoms with Crippen LogP contribution in [0.1, 0.15) is 17.3 Å². The molecule has 0 saturated heterocycles. The van der Waals surface area contributed by atoms with E-state index in [1.54, 1.807) is 30.6 Å². The number of amides is 2. The Morgan fingerprint density at radius 3 is 2.82 bits per heavy atom. The molecule has 2 amide bonds. The molecule has 2 aromatic rings. The molecule has 0 radical (unpaired) electrons. The van der Waals surface area contributed by atoms with Crippen LogP contribution in [0, 0.1) is 0 Å². The Balaban J connectivity index is 1.81. The number of rotatable bonds is 6. The van der Waals surface area contributed by atoms with E-state index < -0.39 is 18.5 Å². The summed E-state index contributed by atoms with van der Waals surface area (Å²) in [5.74, 6) is -1.42. The van der Waals surface area contributed by atoms with Crippen LogP contribution in [-0.2, 0) is 14.3 Å². The van der Waals surface area contributed by atoms with Crippen LogP contribution in [0.2, 0.25) is 0 Å². The summed E-state index contributed by atoms with van der Waals surface area (Å²) in [5, 5.41) is 4.90. The highest BCUT2D eigenvalue weighted by molar-refractivity contribution is 7.16. The summed E-state index contributed by atoms with van der Waals surface area (Å²) in [6.45, 7) is 1.70. The summed E-state index contributed by atoms with van der Waals surface area (Å²) in [4.78, 5) is 38.6. The summed E-state index contributed by atoms with van der Waals surface area (Å²) in [6, 6.07) is 4.98. The molecule has 0 bridgehead atoms. The predicted octanol–water partition coefficient (Wildman–Crippen LogP) is 0.705. The van der Waals surface area contributed by atoms with Crippen LogP contribution in [-0.4, -0.2) is 42.5 Å². The average Bonchev–Trinajstić information content (AvgIpc) is 2.98. The molecule has 2 rings (SSSR count). The van der Waals surface area contributed by atoms with Gasteiger partial charge in [-0.2, -0.15) is 0 Å². The summed E-state index contributed by atoms with van der Waals surface area (Å²) in [5.41, 5.74) is 2.85. The van der Waals surface area contributed by atoms with Gasteiger partial charge in [-0.25, -0.2) is 9.78 Å². The zero-order valence-electron chi connectivity index (χ0n) is 11.9. The third kappa shape index (κ3) is 4.26. The van der Waals surface area contributed by atoms with Gasteiger partial charge in [0.25, 0.3) is 5.91 Å². The van der Waals surface area contributed by atoms with Crippen LogP contribution in [0.25, 0.3) is 10.2 Å². The van der Waals surface area contributed by atoms with Gasteiger partial charge in [-0.3, -0.25) is 9.59 Å². The Morgan fingerprint density at radius 2 is 2.05 bits per heavy atom. The van der Waals surface area contributed by atoms with E-state index in [0.717, 1.165) is 10.2 Å². The fourth-order valence-corrected chi connectivity index (χ4v) is 2.40. The van der Waals surface area contributed by atoms with Gasteiger partial charge in [0, 0.05) is 6.54 Å². The third-order valence-corrected chi connectivity index (χ3v) is 3.51. The number of nitrogens with one attached hydrogen (secondary N) is 2. The van der Waals surface area contributed by atoms with Crippen molar-refractivity contribution in [3.8, 4) is 0 Å². The van der Waals surface area contributed by atoms with Crippen LogP contribution >= 0.6 is 11.3 Å². The zero-order valence-corrected chi connectivity index (χ0v) is 12.7. The van der Waals surface area contributed by atoms with Crippen molar-refractivity contribution < 1.29 is 19.1 Å². The van der Waals surface area contributed by atoms with E-state index in [9.17, 15) is 14.4 Å². The number of ether oxygens (including phenoxy) is 1. The molecule has 0 atom stereocenters. The van der Waals surface area contributed by atoms with Crippen LogP contribution in [0.4, 0.5) is 0 Å². The van der Waals surface area contributed by atoms with Crippen molar-refractivity contribution in [2.24, 2.45) is 0 Å². The summed E-state index contributed by atoms with van der Waals surface area (Å²) >= 11 is 1.42. The largest absolute Gasteiger partial charge is 0.452 e. The van der Waals surface area contributed by atoms with Crippen LogP contribution in [0.5, 0.6) is 0 Å². The van der Waals surface area contributed by atoms with Gasteiger partial charge in [-0.15, -0.1) is 11.3 Å². The molecule has 0 fully saturated rings. The normalized spacial score (nSPS) is 10.2. The lowest BCUT2D eigenvalue weighted by Crippen LogP contribution is -2.38. The number of aromatic nitrogens is 1. The first kappa shape index (κ1) is 15.9. The fourth-order valence-electron chi connectivity index (χ4n) is 1.69. The summed E-state index contributed by atoms with van der Waals surface area (Å²) in [6.07, 6.45) is 0. The molecular formula is C14H15N3O4S. The summed E-state index contributed by atoms with van der Waals surface area (Å²) in [7, 11) is 0. The molecule has 116 valence electrons. The lowest BCUT2D eigenvalue weighted by molar-refractivity contribution is -0.127. The minimum absolute atomic E-state index is 0.142. The second-order valence-corrected chi connectivity index (χ2v) is 5.23. The number of esters is 1. The van der Waals surface area contributed by atoms with Gasteiger partial charge in [0.05, 0.1) is 27.8 Å². The van der Waals surface area contributed by atoms with Crippen LogP contribution < -0.4 is 10.6 Å². The van der Waals surface area contributed by atoms with Gasteiger partial charge >= 0.3 is 5.97 Å². The molecule has 1 aromatic carbocycles. The molecule has 7 nitrogen and oxygen atoms in total. The molecule has 1 aromatic heterocycles. The van der Waals surface area contributed by atoms with Crippen molar-refractivity contribution in [2.75, 3.05) is 19.7 Å². The lowest BCUT2D eigenvalue weighted by atomic mass is 10.2. The number of fused-ring (bicyclic) bond motifs is 1. The Kier molecular flexibility index (Phi) is 5.42. The minimum atomic E-state index is -0.594. The maximum absolute atomic E-state index is 11.9. The molecule has 0 spiro atoms. The van der Waals surface area contributed by atoms with Crippen molar-refractivity contribution in [1.29, 1.82) is 0 Å². The van der Waals surface area contributed by atoms with E-state index in [1.165, 1.54) is 11.3 Å². The number of carbonyl (C=O) groups excluding carboxylic acids is 3. The Hall–Kier alpha value is -2.48. The number of benzene rings is 1. The average molecular weight is 321 g/mol. The second-order valence-electron chi connectivity index (χ2n) is 4.34. The van der Waals surface area contributed by atoms with E-state index >= 15 is 0 Å². The topological polar surface area (TPSA) is 97.4 Å². The second kappa shape index (κ2) is 7.51. The highest BCUT2D eigenvalue weighted by atomic mass is 32.1. The highest BCUT2D eigenvalue weighted by Crippen LogP contribution is 2.19. The maximum Gasteiger partial charge on any atom is 0.338 e. The molecule has 0 aliphatic carbocycles. The third-order valence-electron chi connectivity index (χ3n) is 2.72. The number of likely N-dealkylation sites (N-methyl/N-ethyl adjacent to an activating group) is 1. The molecule has 0 aliphatic rings. The van der Waals surface area contributed by atoms with Gasteiger partial charge in [0.2, 0.25) is 5.91 Å². The van der Waals surface area contributed by atoms with Gasteiger partial charge in [0.15, 0.2) is 6.61 Å². The van der Waals surface area contributed by atoms with Crippen molar-refractivity contribution in [2.45, 2.75) is 6.92 Å². The molecule has 22 heavy (non-hydrogen) atoms. The number of thiazole rings is 1. The van der Waals surface area contributed by atoms with Gasteiger partial charge in [0.1, 0.15) is 0 Å². The smallest absolute Gasteiger partial charge is 0.338 e. The fraction of sp³-hybridized carbons (Fsp3) is 0.286. The lowest BCUT2D eigenvalue weighted by Gasteiger charge is -2.06. The van der Waals surface area contributed by atoms with Gasteiger partial charge in [-0.05, 0) is 25.1 Å². The first-order valence-electron chi connectivity index (χ1n) is 6.64. The highest BCUT2D eigenvalue weighted by Gasteiger charge is 2.12. The van der Waals surface area contributed by atoms with Crippen molar-refractivity contribution >= 4 is 39.3 Å². The predicted molar refractivity (Wildman–Crippen MR) is 81.6 cm³/mol. The van der Waals surface area contributed by atoms with Crippen LogP contribution in [0.3, 0.4) is 0 Å². The maximum atomic E-state index is 11.9. The van der Waals surface area contributed by atoms with E-state index in [2.05, 4.69) is 15.6 Å². The molecule has 0 unspecified atom stereocenters. The summed E-state index contributed by atoms with van der Waals surface area (Å²) < 4.78 is 5.78. The Morgan fingerprint density at radius 1 is 1.23 bits per heavy atom. The molecule has 2 N–H and O–H groups in total. The van der Waals surface area contributed by atoms with Crippen molar-refractivity contribution in [3.05, 3.63) is 29.3 Å². The van der Waals surface area contributed by atoms with E-state index in [1.807, 2.05) is 0 Å². The molecule has 0 aliphatic heterocycles. The molecular weight excluding hydrogens is 306 g/mol. The quantitative estimate of drug-likeness (QED) is 0.764. The SMILES string of the molecule is CCNC(=O)CNC(=O)COC(=O)c1ccc2ncsc2c1. The standard InChI is InChI=1S/C14H15N3O4S/c1-2-15-12(18)6-16-13(19)7-21-14(20)9-3-4-10-11(5-9)22-8-17-10/h3-5,8H,2,6-7H2,1H3,(H,15,18)(H,16,19). The Labute approximate surface area is 130 Å². The van der Waals surface area contributed by atoms with E-state index in [0.29, 0.717) is 12.1 Å². The van der Waals surface area contributed by atoms with Crippen molar-refractivity contribution in [1.82, 2.24) is 15.6 Å². The van der Waals surface area contributed by atoms with Gasteiger partial charge in [-0.1, -0.05) is 0 Å². The van der Waals surface area contributed by atoms with Crippen LogP contribution in [0.15, 0.2) is 23.7 Å². The Bertz CT molecular complexity index is 698. The van der Waals surface area contributed by atoms with Crippen molar-refractivity contribution in [3.63, 3.8) is 0 Å². The monoisotopic (exact) mass is 321 g/mol. The number of carbonyl (C=O) groups is 3. The minimum Gasteiger partial charge on any atom is -0.452 e. The molecule has 1 heterocycles.